The van der Waals surface area contributed by atoms with Gasteiger partial charge in [-0.05, 0) is 49.4 Å². The molecule has 1 aliphatic rings. The van der Waals surface area contributed by atoms with Crippen molar-refractivity contribution in [1.82, 2.24) is 14.6 Å². The first-order valence-electron chi connectivity index (χ1n) is 9.37. The van der Waals surface area contributed by atoms with E-state index in [1.807, 2.05) is 26.1 Å². The number of nitrogens with one attached hydrogen (secondary N) is 1. The molecule has 0 saturated heterocycles. The van der Waals surface area contributed by atoms with Gasteiger partial charge >= 0.3 is 0 Å². The summed E-state index contributed by atoms with van der Waals surface area (Å²) in [5.74, 6) is 0.269. The number of pyridine rings is 1. The highest BCUT2D eigenvalue weighted by Gasteiger charge is 2.37. The highest BCUT2D eigenvalue weighted by atomic mass is 32.2. The second-order valence-corrected chi connectivity index (χ2v) is 9.05. The molecule has 0 aliphatic carbocycles. The maximum absolute atomic E-state index is 13.3. The molecule has 3 atom stereocenters. The number of hydrogen-bond donors (Lipinski definition) is 2. The Morgan fingerprint density at radius 3 is 2.64 bits per heavy atom. The number of hydrogen-bond acceptors (Lipinski definition) is 6. The lowest BCUT2D eigenvalue weighted by atomic mass is 10.0. The lowest BCUT2D eigenvalue weighted by Crippen LogP contribution is -2.49. The molecule has 0 bridgehead atoms. The molecule has 7 nitrogen and oxygen atoms in total. The van der Waals surface area contributed by atoms with Gasteiger partial charge in [-0.2, -0.15) is 4.31 Å². The fourth-order valence-corrected chi connectivity index (χ4v) is 5.22. The number of fused-ring (bicyclic) bond motifs is 1. The molecule has 2 N–H and O–H groups in total. The van der Waals surface area contributed by atoms with Crippen LogP contribution >= 0.6 is 0 Å². The Balaban J connectivity index is 2.14. The fourth-order valence-electron chi connectivity index (χ4n) is 3.39. The van der Waals surface area contributed by atoms with Gasteiger partial charge < -0.3 is 15.2 Å². The van der Waals surface area contributed by atoms with E-state index in [2.05, 4.69) is 10.3 Å². The van der Waals surface area contributed by atoms with Gasteiger partial charge in [0.15, 0.2) is 0 Å². The van der Waals surface area contributed by atoms with Crippen molar-refractivity contribution in [1.29, 1.82) is 0 Å². The van der Waals surface area contributed by atoms with Crippen molar-refractivity contribution < 1.29 is 18.3 Å². The van der Waals surface area contributed by atoms with Gasteiger partial charge in [0.05, 0.1) is 6.61 Å². The first-order valence-corrected chi connectivity index (χ1v) is 10.8. The van der Waals surface area contributed by atoms with E-state index in [0.29, 0.717) is 12.3 Å². The van der Waals surface area contributed by atoms with E-state index in [9.17, 15) is 13.5 Å². The van der Waals surface area contributed by atoms with Gasteiger partial charge in [-0.15, -0.1) is 0 Å². The number of benzene rings is 1. The van der Waals surface area contributed by atoms with Crippen LogP contribution in [0.25, 0.3) is 11.1 Å². The molecule has 8 heteroatoms. The average Bonchev–Trinajstić information content (AvgIpc) is 2.70. The predicted molar refractivity (Wildman–Crippen MR) is 108 cm³/mol. The largest absolute Gasteiger partial charge is 0.487 e. The Morgan fingerprint density at radius 2 is 2.00 bits per heavy atom. The Bertz CT molecular complexity index is 905. The molecule has 2 heterocycles. The molecule has 0 spiro atoms. The van der Waals surface area contributed by atoms with Crippen LogP contribution in [0.15, 0.2) is 47.6 Å². The number of likely N-dealkylation sites (N-methyl/N-ethyl adjacent to an activating group) is 1. The van der Waals surface area contributed by atoms with Gasteiger partial charge in [0.1, 0.15) is 16.7 Å². The molecule has 0 unspecified atom stereocenters. The maximum Gasteiger partial charge on any atom is 0.247 e. The Kier molecular flexibility index (Phi) is 6.34. The van der Waals surface area contributed by atoms with Crippen LogP contribution in [-0.4, -0.2) is 61.7 Å². The minimum atomic E-state index is -3.81. The van der Waals surface area contributed by atoms with Crippen molar-refractivity contribution >= 4 is 10.0 Å². The summed E-state index contributed by atoms with van der Waals surface area (Å²) in [4.78, 5) is 4.15. The molecule has 1 aliphatic heterocycles. The van der Waals surface area contributed by atoms with E-state index in [1.54, 1.807) is 37.5 Å². The first kappa shape index (κ1) is 20.7. The topological polar surface area (TPSA) is 91.8 Å². The summed E-state index contributed by atoms with van der Waals surface area (Å²) in [6, 6.07) is 8.34. The van der Waals surface area contributed by atoms with E-state index in [0.717, 1.165) is 11.1 Å². The van der Waals surface area contributed by atoms with Crippen LogP contribution < -0.4 is 10.1 Å². The van der Waals surface area contributed by atoms with Crippen molar-refractivity contribution in [2.24, 2.45) is 5.92 Å². The Labute approximate surface area is 166 Å². The summed E-state index contributed by atoms with van der Waals surface area (Å²) in [6.07, 6.45) is 3.18. The molecule has 0 fully saturated rings. The number of nitrogens with zero attached hydrogens (tertiary/aromatic N) is 2. The van der Waals surface area contributed by atoms with Gasteiger partial charge in [-0.25, -0.2) is 8.42 Å². The van der Waals surface area contributed by atoms with Crippen LogP contribution in [-0.2, 0) is 10.0 Å². The second kappa shape index (κ2) is 8.57. The third-order valence-corrected chi connectivity index (χ3v) is 7.11. The third kappa shape index (κ3) is 4.05. The van der Waals surface area contributed by atoms with Crippen LogP contribution in [0.4, 0.5) is 0 Å². The van der Waals surface area contributed by atoms with Crippen LogP contribution in [0.1, 0.15) is 13.8 Å². The average molecular weight is 406 g/mol. The van der Waals surface area contributed by atoms with E-state index >= 15 is 0 Å². The Morgan fingerprint density at radius 1 is 1.29 bits per heavy atom. The number of aromatic nitrogens is 1. The molecule has 152 valence electrons. The van der Waals surface area contributed by atoms with Gasteiger partial charge in [0, 0.05) is 37.4 Å². The highest BCUT2D eigenvalue weighted by molar-refractivity contribution is 7.89. The van der Waals surface area contributed by atoms with Crippen molar-refractivity contribution in [3.8, 4) is 16.9 Å². The number of aliphatic hydroxyl groups is 1. The molecule has 1 aromatic carbocycles. The van der Waals surface area contributed by atoms with E-state index < -0.39 is 16.1 Å². The molecule has 28 heavy (non-hydrogen) atoms. The van der Waals surface area contributed by atoms with Gasteiger partial charge in [-0.3, -0.25) is 4.98 Å². The SMILES string of the molecule is CNC[C@@H]1Oc2cc(-c3ccncc3)ccc2S(=O)(=O)N([C@H](C)CO)C[C@H]1C. The van der Waals surface area contributed by atoms with Crippen LogP contribution in [0.3, 0.4) is 0 Å². The molecule has 3 rings (SSSR count). The third-order valence-electron chi connectivity index (χ3n) is 5.09. The molecule has 0 saturated carbocycles. The zero-order chi connectivity index (χ0) is 20.3. The van der Waals surface area contributed by atoms with Crippen molar-refractivity contribution in [2.75, 3.05) is 26.7 Å². The second-order valence-electron chi connectivity index (χ2n) is 7.19. The summed E-state index contributed by atoms with van der Waals surface area (Å²) in [6.45, 7) is 4.30. The fraction of sp³-hybridized carbons (Fsp3) is 0.450. The van der Waals surface area contributed by atoms with Crippen molar-refractivity contribution in [2.45, 2.75) is 30.9 Å². The minimum Gasteiger partial charge on any atom is -0.487 e. The van der Waals surface area contributed by atoms with Gasteiger partial charge in [0.2, 0.25) is 10.0 Å². The predicted octanol–water partition coefficient (Wildman–Crippen LogP) is 1.74. The maximum atomic E-state index is 13.3. The minimum absolute atomic E-state index is 0.0612. The monoisotopic (exact) mass is 405 g/mol. The summed E-state index contributed by atoms with van der Waals surface area (Å²) in [7, 11) is -1.97. The van der Waals surface area contributed by atoms with Crippen LogP contribution in [0, 0.1) is 5.92 Å². The lowest BCUT2D eigenvalue weighted by molar-refractivity contribution is 0.103. The van der Waals surface area contributed by atoms with E-state index in [-0.39, 0.29) is 30.1 Å². The quantitative estimate of drug-likeness (QED) is 0.787. The molecule has 2 aromatic rings. The molecule has 0 amide bonds. The summed E-state index contributed by atoms with van der Waals surface area (Å²) < 4.78 is 34.3. The lowest BCUT2D eigenvalue weighted by Gasteiger charge is -2.36. The zero-order valence-electron chi connectivity index (χ0n) is 16.4. The van der Waals surface area contributed by atoms with Crippen LogP contribution in [0.5, 0.6) is 5.75 Å². The summed E-state index contributed by atoms with van der Waals surface area (Å²) in [5, 5.41) is 12.7. The highest BCUT2D eigenvalue weighted by Crippen LogP contribution is 2.36. The molecular weight excluding hydrogens is 378 g/mol. The van der Waals surface area contributed by atoms with E-state index in [1.165, 1.54) is 4.31 Å². The van der Waals surface area contributed by atoms with Crippen molar-refractivity contribution in [3.05, 3.63) is 42.7 Å². The summed E-state index contributed by atoms with van der Waals surface area (Å²) >= 11 is 0. The number of ether oxygens (including phenoxy) is 1. The molecule has 1 aromatic heterocycles. The molecular formula is C20H27N3O4S. The smallest absolute Gasteiger partial charge is 0.247 e. The Hall–Kier alpha value is -2.00. The zero-order valence-corrected chi connectivity index (χ0v) is 17.2. The number of rotatable bonds is 5. The van der Waals surface area contributed by atoms with E-state index in [4.69, 9.17) is 4.74 Å². The number of aliphatic hydroxyl groups excluding tert-OH is 1. The first-order chi connectivity index (χ1) is 13.4. The standard InChI is InChI=1S/C20H27N3O4S/c1-14-12-23(15(2)13-24)28(25,26)20-5-4-17(16-6-8-22-9-7-16)10-18(20)27-19(14)11-21-3/h4-10,14-15,19,21,24H,11-13H2,1-3H3/t14-,15-,19+/m1/s1. The summed E-state index contributed by atoms with van der Waals surface area (Å²) in [5.41, 5.74) is 1.79. The van der Waals surface area contributed by atoms with Gasteiger partial charge in [-0.1, -0.05) is 13.0 Å². The van der Waals surface area contributed by atoms with Crippen molar-refractivity contribution in [3.63, 3.8) is 0 Å². The normalized spacial score (nSPS) is 23.1. The number of sulfonamides is 1. The van der Waals surface area contributed by atoms with Crippen LogP contribution in [0.2, 0.25) is 0 Å². The van der Waals surface area contributed by atoms with Gasteiger partial charge in [0.25, 0.3) is 0 Å². The molecule has 0 radical (unpaired) electrons.